The average molecular weight is 338 g/mol. The first-order valence-electron chi connectivity index (χ1n) is 7.90. The Labute approximate surface area is 148 Å². The van der Waals surface area contributed by atoms with Crippen molar-refractivity contribution in [1.82, 2.24) is 4.90 Å². The number of amides is 2. The number of rotatable bonds is 6. The number of carbonyl (C=O) groups is 2. The Morgan fingerprint density at radius 1 is 1.04 bits per heavy atom. The molecule has 0 aliphatic carbocycles. The Morgan fingerprint density at radius 2 is 1.76 bits per heavy atom. The van der Waals surface area contributed by atoms with E-state index in [0.29, 0.717) is 5.69 Å². The van der Waals surface area contributed by atoms with Crippen molar-refractivity contribution < 1.29 is 14.3 Å². The van der Waals surface area contributed by atoms with Gasteiger partial charge in [0, 0.05) is 25.9 Å². The molecule has 0 saturated heterocycles. The zero-order valence-electron chi connectivity index (χ0n) is 14.7. The van der Waals surface area contributed by atoms with E-state index in [2.05, 4.69) is 0 Å². The second kappa shape index (κ2) is 8.68. The summed E-state index contributed by atoms with van der Waals surface area (Å²) in [5, 5.41) is 0. The summed E-state index contributed by atoms with van der Waals surface area (Å²) in [4.78, 5) is 27.7. The normalized spacial score (nSPS) is 10.5. The summed E-state index contributed by atoms with van der Waals surface area (Å²) in [6, 6.07) is 16.6. The molecule has 0 bridgehead atoms. The largest absolute Gasteiger partial charge is 0.497 e. The van der Waals surface area contributed by atoms with Crippen molar-refractivity contribution in [3.8, 4) is 5.75 Å². The minimum atomic E-state index is -0.260. The highest BCUT2D eigenvalue weighted by molar-refractivity contribution is 6.06. The molecule has 0 N–H and O–H groups in total. The van der Waals surface area contributed by atoms with Gasteiger partial charge in [0.25, 0.3) is 5.91 Å². The quantitative estimate of drug-likeness (QED) is 0.761. The van der Waals surface area contributed by atoms with E-state index in [9.17, 15) is 9.59 Å². The van der Waals surface area contributed by atoms with Gasteiger partial charge >= 0.3 is 0 Å². The lowest BCUT2D eigenvalue weighted by molar-refractivity contribution is -0.128. The predicted octanol–water partition coefficient (Wildman–Crippen LogP) is 2.83. The van der Waals surface area contributed by atoms with Crippen molar-refractivity contribution in [3.63, 3.8) is 0 Å². The van der Waals surface area contributed by atoms with Gasteiger partial charge in [-0.1, -0.05) is 30.3 Å². The fraction of sp³-hybridized carbons (Fsp3) is 0.200. The maximum absolute atomic E-state index is 12.7. The van der Waals surface area contributed by atoms with Crippen molar-refractivity contribution in [2.45, 2.75) is 0 Å². The third kappa shape index (κ3) is 5.21. The van der Waals surface area contributed by atoms with E-state index in [-0.39, 0.29) is 18.4 Å². The fourth-order valence-corrected chi connectivity index (χ4v) is 2.18. The van der Waals surface area contributed by atoms with Gasteiger partial charge in [-0.15, -0.1) is 0 Å². The number of hydrogen-bond donors (Lipinski definition) is 0. The number of anilines is 1. The molecule has 0 aliphatic rings. The molecule has 2 amide bonds. The first-order chi connectivity index (χ1) is 12.0. The number of benzene rings is 2. The summed E-state index contributed by atoms with van der Waals surface area (Å²) in [6.07, 6.45) is 3.17. The second-order valence-corrected chi connectivity index (χ2v) is 5.66. The van der Waals surface area contributed by atoms with Gasteiger partial charge in [0.1, 0.15) is 12.3 Å². The number of ether oxygens (including phenoxy) is 1. The Bertz CT molecular complexity index is 755. The van der Waals surface area contributed by atoms with Crippen LogP contribution in [0.4, 0.5) is 5.69 Å². The Morgan fingerprint density at radius 3 is 2.40 bits per heavy atom. The van der Waals surface area contributed by atoms with Crippen LogP contribution in [-0.2, 0) is 9.59 Å². The van der Waals surface area contributed by atoms with Crippen molar-refractivity contribution in [1.29, 1.82) is 0 Å². The first kappa shape index (κ1) is 18.3. The third-order valence-electron chi connectivity index (χ3n) is 3.64. The molecule has 5 heteroatoms. The highest BCUT2D eigenvalue weighted by Gasteiger charge is 2.18. The van der Waals surface area contributed by atoms with Crippen LogP contribution in [0.25, 0.3) is 6.08 Å². The van der Waals surface area contributed by atoms with E-state index in [1.165, 1.54) is 15.9 Å². The SMILES string of the molecule is COc1cccc(C=CC(=O)N(CC(=O)N(C)C)c2ccccc2)c1. The average Bonchev–Trinajstić information content (AvgIpc) is 2.64. The number of methoxy groups -OCH3 is 1. The summed E-state index contributed by atoms with van der Waals surface area (Å²) in [5.41, 5.74) is 1.53. The molecule has 0 saturated carbocycles. The Balaban J connectivity index is 2.22. The number of hydrogen-bond acceptors (Lipinski definition) is 3. The minimum Gasteiger partial charge on any atom is -0.497 e. The molecule has 0 atom stereocenters. The fourth-order valence-electron chi connectivity index (χ4n) is 2.18. The Hall–Kier alpha value is -3.08. The van der Waals surface area contributed by atoms with Crippen molar-refractivity contribution in [2.75, 3.05) is 32.6 Å². The monoisotopic (exact) mass is 338 g/mol. The number of likely N-dealkylation sites (N-methyl/N-ethyl adjacent to an activating group) is 1. The Kier molecular flexibility index (Phi) is 6.34. The summed E-state index contributed by atoms with van der Waals surface area (Å²) in [7, 11) is 4.93. The summed E-state index contributed by atoms with van der Waals surface area (Å²) >= 11 is 0. The highest BCUT2D eigenvalue weighted by Crippen LogP contribution is 2.16. The van der Waals surface area contributed by atoms with Crippen molar-refractivity contribution in [3.05, 3.63) is 66.2 Å². The van der Waals surface area contributed by atoms with Crippen LogP contribution in [0.3, 0.4) is 0 Å². The lowest BCUT2D eigenvalue weighted by Gasteiger charge is -2.22. The van der Waals surface area contributed by atoms with Crippen LogP contribution in [0.1, 0.15) is 5.56 Å². The maximum atomic E-state index is 12.7. The molecule has 0 aliphatic heterocycles. The van der Waals surface area contributed by atoms with Crippen LogP contribution in [0.2, 0.25) is 0 Å². The molecule has 2 rings (SSSR count). The second-order valence-electron chi connectivity index (χ2n) is 5.66. The molecule has 5 nitrogen and oxygen atoms in total. The molecule has 0 aromatic heterocycles. The molecule has 130 valence electrons. The summed E-state index contributed by atoms with van der Waals surface area (Å²) in [6.45, 7) is -0.0156. The van der Waals surface area contributed by atoms with E-state index in [1.54, 1.807) is 39.4 Å². The number of nitrogens with zero attached hydrogens (tertiary/aromatic N) is 2. The molecule has 25 heavy (non-hydrogen) atoms. The molecular weight excluding hydrogens is 316 g/mol. The van der Waals surface area contributed by atoms with Crippen molar-refractivity contribution >= 4 is 23.6 Å². The smallest absolute Gasteiger partial charge is 0.251 e. The molecule has 2 aromatic rings. The van der Waals surface area contributed by atoms with E-state index >= 15 is 0 Å². The maximum Gasteiger partial charge on any atom is 0.251 e. The third-order valence-corrected chi connectivity index (χ3v) is 3.64. The highest BCUT2D eigenvalue weighted by atomic mass is 16.5. The molecule has 0 heterocycles. The van der Waals surface area contributed by atoms with E-state index in [0.717, 1.165) is 11.3 Å². The van der Waals surface area contributed by atoms with Gasteiger partial charge in [0.15, 0.2) is 0 Å². The van der Waals surface area contributed by atoms with Gasteiger partial charge in [-0.05, 0) is 35.9 Å². The van der Waals surface area contributed by atoms with Gasteiger partial charge in [-0.25, -0.2) is 0 Å². The van der Waals surface area contributed by atoms with E-state index < -0.39 is 0 Å². The van der Waals surface area contributed by atoms with Crippen LogP contribution in [0, 0.1) is 0 Å². The topological polar surface area (TPSA) is 49.9 Å². The lowest BCUT2D eigenvalue weighted by atomic mass is 10.2. The first-order valence-corrected chi connectivity index (χ1v) is 7.90. The standard InChI is InChI=1S/C20H22N2O3/c1-21(2)20(24)15-22(17-9-5-4-6-10-17)19(23)13-12-16-8-7-11-18(14-16)25-3/h4-14H,15H2,1-3H3. The van der Waals surface area contributed by atoms with Crippen LogP contribution >= 0.6 is 0 Å². The zero-order valence-corrected chi connectivity index (χ0v) is 14.7. The van der Waals surface area contributed by atoms with Gasteiger partial charge in [0.2, 0.25) is 5.91 Å². The number of para-hydroxylation sites is 1. The van der Waals surface area contributed by atoms with Gasteiger partial charge < -0.3 is 9.64 Å². The predicted molar refractivity (Wildman–Crippen MR) is 99.5 cm³/mol. The molecule has 0 unspecified atom stereocenters. The summed E-state index contributed by atoms with van der Waals surface area (Å²) < 4.78 is 5.18. The number of carbonyl (C=O) groups excluding carboxylic acids is 2. The minimum absolute atomic E-state index is 0.0156. The molecule has 2 aromatic carbocycles. The van der Waals surface area contributed by atoms with Crippen LogP contribution in [-0.4, -0.2) is 44.5 Å². The zero-order chi connectivity index (χ0) is 18.2. The van der Waals surface area contributed by atoms with Crippen LogP contribution in [0.5, 0.6) is 5.75 Å². The van der Waals surface area contributed by atoms with Gasteiger partial charge in [-0.3, -0.25) is 14.5 Å². The molecular formula is C20H22N2O3. The summed E-state index contributed by atoms with van der Waals surface area (Å²) in [5.74, 6) is 0.313. The van der Waals surface area contributed by atoms with Gasteiger partial charge in [-0.2, -0.15) is 0 Å². The molecule has 0 radical (unpaired) electrons. The van der Waals surface area contributed by atoms with Gasteiger partial charge in [0.05, 0.1) is 7.11 Å². The van der Waals surface area contributed by atoms with Crippen molar-refractivity contribution in [2.24, 2.45) is 0 Å². The van der Waals surface area contributed by atoms with Crippen LogP contribution < -0.4 is 9.64 Å². The lowest BCUT2D eigenvalue weighted by Crippen LogP contribution is -2.39. The van der Waals surface area contributed by atoms with E-state index in [1.807, 2.05) is 42.5 Å². The molecule has 0 fully saturated rings. The van der Waals surface area contributed by atoms with E-state index in [4.69, 9.17) is 4.74 Å². The van der Waals surface area contributed by atoms with Crippen LogP contribution in [0.15, 0.2) is 60.7 Å². The molecule has 0 spiro atoms.